The highest BCUT2D eigenvalue weighted by molar-refractivity contribution is 4.86. The first-order chi connectivity index (χ1) is 6.50. The van der Waals surface area contributed by atoms with E-state index in [4.69, 9.17) is 0 Å². The third-order valence-corrected chi connectivity index (χ3v) is 3.63. The van der Waals surface area contributed by atoms with Crippen LogP contribution < -0.4 is 5.32 Å². The van der Waals surface area contributed by atoms with E-state index in [1.54, 1.807) is 0 Å². The third-order valence-electron chi connectivity index (χ3n) is 3.63. The van der Waals surface area contributed by atoms with E-state index < -0.39 is 0 Å². The van der Waals surface area contributed by atoms with Gasteiger partial charge in [-0.1, -0.05) is 13.8 Å². The van der Waals surface area contributed by atoms with Gasteiger partial charge in [-0.3, -0.25) is 0 Å². The Kier molecular flexibility index (Phi) is 4.39. The summed E-state index contributed by atoms with van der Waals surface area (Å²) in [6.45, 7) is 6.87. The third kappa shape index (κ3) is 3.25. The van der Waals surface area contributed by atoms with Crippen molar-refractivity contribution in [1.82, 2.24) is 10.2 Å². The zero-order valence-electron chi connectivity index (χ0n) is 10.4. The van der Waals surface area contributed by atoms with Crippen LogP contribution in [0, 0.1) is 5.92 Å². The molecule has 84 valence electrons. The van der Waals surface area contributed by atoms with Gasteiger partial charge < -0.3 is 10.2 Å². The number of rotatable bonds is 4. The molecule has 1 N–H and O–H groups in total. The van der Waals surface area contributed by atoms with Crippen molar-refractivity contribution in [2.75, 3.05) is 14.1 Å². The molecule has 3 unspecified atom stereocenters. The quantitative estimate of drug-likeness (QED) is 0.744. The summed E-state index contributed by atoms with van der Waals surface area (Å²) < 4.78 is 0. The molecule has 0 radical (unpaired) electrons. The van der Waals surface area contributed by atoms with Crippen molar-refractivity contribution in [3.8, 4) is 0 Å². The summed E-state index contributed by atoms with van der Waals surface area (Å²) >= 11 is 0. The van der Waals surface area contributed by atoms with E-state index >= 15 is 0 Å². The van der Waals surface area contributed by atoms with Crippen LogP contribution in [-0.2, 0) is 0 Å². The van der Waals surface area contributed by atoms with Crippen LogP contribution in [0.25, 0.3) is 0 Å². The van der Waals surface area contributed by atoms with Crippen molar-refractivity contribution in [3.05, 3.63) is 0 Å². The fourth-order valence-corrected chi connectivity index (χ4v) is 2.14. The van der Waals surface area contributed by atoms with Gasteiger partial charge in [-0.15, -0.1) is 0 Å². The average molecular weight is 198 g/mol. The zero-order chi connectivity index (χ0) is 10.7. The maximum atomic E-state index is 3.74. The second kappa shape index (κ2) is 5.13. The lowest BCUT2D eigenvalue weighted by molar-refractivity contribution is 0.287. The highest BCUT2D eigenvalue weighted by Crippen LogP contribution is 2.23. The summed E-state index contributed by atoms with van der Waals surface area (Å²) in [4.78, 5) is 2.36. The number of nitrogens with zero attached hydrogens (tertiary/aromatic N) is 1. The zero-order valence-corrected chi connectivity index (χ0v) is 10.4. The minimum absolute atomic E-state index is 0.654. The Morgan fingerprint density at radius 3 is 2.21 bits per heavy atom. The largest absolute Gasteiger partial charge is 0.311 e. The van der Waals surface area contributed by atoms with Crippen LogP contribution in [0.5, 0.6) is 0 Å². The van der Waals surface area contributed by atoms with Crippen LogP contribution >= 0.6 is 0 Å². The molecule has 0 aliphatic heterocycles. The minimum atomic E-state index is 0.654. The van der Waals surface area contributed by atoms with Crippen molar-refractivity contribution in [3.63, 3.8) is 0 Å². The van der Waals surface area contributed by atoms with Gasteiger partial charge >= 0.3 is 0 Å². The summed E-state index contributed by atoms with van der Waals surface area (Å²) in [5, 5.41) is 3.74. The van der Waals surface area contributed by atoms with Crippen molar-refractivity contribution >= 4 is 0 Å². The van der Waals surface area contributed by atoms with Gasteiger partial charge in [0.15, 0.2) is 0 Å². The fourth-order valence-electron chi connectivity index (χ4n) is 2.14. The Morgan fingerprint density at radius 2 is 1.79 bits per heavy atom. The molecule has 0 heterocycles. The minimum Gasteiger partial charge on any atom is -0.311 e. The first-order valence-corrected chi connectivity index (χ1v) is 5.93. The number of hydrogen-bond acceptors (Lipinski definition) is 2. The van der Waals surface area contributed by atoms with E-state index in [0.717, 1.165) is 18.0 Å². The molecule has 0 aromatic rings. The molecule has 0 amide bonds. The first-order valence-electron chi connectivity index (χ1n) is 5.93. The standard InChI is InChI=1S/C12H26N2/c1-9(2)10(3)13-11-6-7-12(8-11)14(4)5/h9-13H,6-8H2,1-5H3. The number of nitrogens with one attached hydrogen (secondary N) is 1. The highest BCUT2D eigenvalue weighted by Gasteiger charge is 2.26. The Labute approximate surface area is 89.1 Å². The van der Waals surface area contributed by atoms with Gasteiger partial charge in [-0.05, 0) is 46.2 Å². The summed E-state index contributed by atoms with van der Waals surface area (Å²) in [6, 6.07) is 2.20. The van der Waals surface area contributed by atoms with Crippen molar-refractivity contribution in [1.29, 1.82) is 0 Å². The molecule has 14 heavy (non-hydrogen) atoms. The van der Waals surface area contributed by atoms with Gasteiger partial charge in [0.2, 0.25) is 0 Å². The van der Waals surface area contributed by atoms with Gasteiger partial charge in [-0.2, -0.15) is 0 Å². The Bertz CT molecular complexity index is 166. The molecule has 1 aliphatic rings. The van der Waals surface area contributed by atoms with E-state index in [9.17, 15) is 0 Å². The van der Waals surface area contributed by atoms with E-state index in [1.165, 1.54) is 19.3 Å². The fraction of sp³-hybridized carbons (Fsp3) is 1.00. The molecule has 3 atom stereocenters. The molecule has 1 saturated carbocycles. The molecule has 2 heteroatoms. The molecular weight excluding hydrogens is 172 g/mol. The molecule has 0 aromatic carbocycles. The highest BCUT2D eigenvalue weighted by atomic mass is 15.1. The summed E-state index contributed by atoms with van der Waals surface area (Å²) in [6.07, 6.45) is 4.03. The first kappa shape index (κ1) is 12.0. The normalized spacial score (nSPS) is 30.2. The molecule has 1 fully saturated rings. The Morgan fingerprint density at radius 1 is 1.14 bits per heavy atom. The van der Waals surface area contributed by atoms with Gasteiger partial charge in [0, 0.05) is 18.1 Å². The molecule has 0 spiro atoms. The topological polar surface area (TPSA) is 15.3 Å². The lowest BCUT2D eigenvalue weighted by Gasteiger charge is -2.23. The van der Waals surface area contributed by atoms with Crippen molar-refractivity contribution in [2.45, 2.75) is 58.2 Å². The maximum Gasteiger partial charge on any atom is 0.0105 e. The van der Waals surface area contributed by atoms with Gasteiger partial charge in [0.05, 0.1) is 0 Å². The monoisotopic (exact) mass is 198 g/mol. The molecule has 0 bridgehead atoms. The van der Waals surface area contributed by atoms with Gasteiger partial charge in [-0.25, -0.2) is 0 Å². The predicted molar refractivity (Wildman–Crippen MR) is 62.5 cm³/mol. The molecular formula is C12H26N2. The molecule has 0 saturated heterocycles. The van der Waals surface area contributed by atoms with Crippen LogP contribution in [-0.4, -0.2) is 37.1 Å². The second-order valence-corrected chi connectivity index (χ2v) is 5.33. The second-order valence-electron chi connectivity index (χ2n) is 5.33. The molecule has 1 rings (SSSR count). The molecule has 2 nitrogen and oxygen atoms in total. The van der Waals surface area contributed by atoms with Gasteiger partial charge in [0.25, 0.3) is 0 Å². The summed E-state index contributed by atoms with van der Waals surface area (Å²) in [5.74, 6) is 0.744. The van der Waals surface area contributed by atoms with Crippen LogP contribution in [0.4, 0.5) is 0 Å². The van der Waals surface area contributed by atoms with E-state index in [1.807, 2.05) is 0 Å². The predicted octanol–water partition coefficient (Wildman–Crippen LogP) is 2.10. The molecule has 1 aliphatic carbocycles. The smallest absolute Gasteiger partial charge is 0.0105 e. The van der Waals surface area contributed by atoms with Crippen LogP contribution in [0.3, 0.4) is 0 Å². The Hall–Kier alpha value is -0.0800. The molecule has 0 aromatic heterocycles. The van der Waals surface area contributed by atoms with E-state index in [-0.39, 0.29) is 0 Å². The summed E-state index contributed by atoms with van der Waals surface area (Å²) in [7, 11) is 4.39. The van der Waals surface area contributed by atoms with Crippen molar-refractivity contribution in [2.24, 2.45) is 5.92 Å². The summed E-state index contributed by atoms with van der Waals surface area (Å²) in [5.41, 5.74) is 0. The van der Waals surface area contributed by atoms with Crippen LogP contribution in [0.2, 0.25) is 0 Å². The van der Waals surface area contributed by atoms with E-state index in [2.05, 4.69) is 45.1 Å². The van der Waals surface area contributed by atoms with Crippen molar-refractivity contribution < 1.29 is 0 Å². The SMILES string of the molecule is CC(C)C(C)NC1CCC(N(C)C)C1. The average Bonchev–Trinajstić information content (AvgIpc) is 2.52. The Balaban J connectivity index is 2.29. The lowest BCUT2D eigenvalue weighted by Crippen LogP contribution is -2.39. The van der Waals surface area contributed by atoms with Gasteiger partial charge in [0.1, 0.15) is 0 Å². The van der Waals surface area contributed by atoms with E-state index in [0.29, 0.717) is 6.04 Å². The lowest BCUT2D eigenvalue weighted by atomic mass is 10.0. The van der Waals surface area contributed by atoms with Crippen LogP contribution in [0.1, 0.15) is 40.0 Å². The van der Waals surface area contributed by atoms with Crippen LogP contribution in [0.15, 0.2) is 0 Å². The number of hydrogen-bond donors (Lipinski definition) is 1. The maximum absolute atomic E-state index is 3.74.